The normalized spacial score (nSPS) is 18.6. The van der Waals surface area contributed by atoms with E-state index in [1.807, 2.05) is 12.1 Å². The molecule has 6 heteroatoms. The second-order valence-corrected chi connectivity index (χ2v) is 11.9. The van der Waals surface area contributed by atoms with Gasteiger partial charge in [0.05, 0.1) is 25.2 Å². The Hall–Kier alpha value is -2.21. The Morgan fingerprint density at radius 3 is 2.29 bits per heavy atom. The Bertz CT molecular complexity index is 901. The van der Waals surface area contributed by atoms with E-state index in [2.05, 4.69) is 13.5 Å². The second kappa shape index (κ2) is 16.0. The molecule has 1 aromatic carbocycles. The molecule has 2 rings (SSSR count). The van der Waals surface area contributed by atoms with Crippen molar-refractivity contribution in [3.63, 3.8) is 0 Å². The lowest BCUT2D eigenvalue weighted by Crippen LogP contribution is -2.32. The topological polar surface area (TPSA) is 72.8 Å². The van der Waals surface area contributed by atoms with Crippen molar-refractivity contribution in [1.29, 1.82) is 0 Å². The summed E-state index contributed by atoms with van der Waals surface area (Å²) in [5.74, 6) is -0.0604. The maximum absolute atomic E-state index is 15.0. The van der Waals surface area contributed by atoms with Crippen LogP contribution in [0.25, 0.3) is 0 Å². The summed E-state index contributed by atoms with van der Waals surface area (Å²) in [7, 11) is 0. The molecule has 0 radical (unpaired) electrons. The summed E-state index contributed by atoms with van der Waals surface area (Å²) in [5, 5.41) is 9.42. The lowest BCUT2D eigenvalue weighted by atomic mass is 9.77. The molecular formula is C32H49FO5. The Labute approximate surface area is 229 Å². The Morgan fingerprint density at radius 2 is 1.71 bits per heavy atom. The number of ether oxygens (including phenoxy) is 2. The number of benzene rings is 1. The largest absolute Gasteiger partial charge is 0.465 e. The van der Waals surface area contributed by atoms with E-state index in [0.717, 1.165) is 29.9 Å². The minimum Gasteiger partial charge on any atom is -0.465 e. The molecule has 1 aliphatic carbocycles. The van der Waals surface area contributed by atoms with Gasteiger partial charge < -0.3 is 14.6 Å². The van der Waals surface area contributed by atoms with Gasteiger partial charge in [0.15, 0.2) is 0 Å². The average Bonchev–Trinajstić information content (AvgIpc) is 2.90. The van der Waals surface area contributed by atoms with Gasteiger partial charge in [0.25, 0.3) is 0 Å². The van der Waals surface area contributed by atoms with Gasteiger partial charge in [0, 0.05) is 11.5 Å². The first-order valence-corrected chi connectivity index (χ1v) is 14.4. The predicted molar refractivity (Wildman–Crippen MR) is 149 cm³/mol. The van der Waals surface area contributed by atoms with Crippen molar-refractivity contribution in [3.05, 3.63) is 47.3 Å². The Balaban J connectivity index is 1.91. The highest BCUT2D eigenvalue weighted by atomic mass is 19.1. The first kappa shape index (κ1) is 32.0. The van der Waals surface area contributed by atoms with Crippen LogP contribution in [0.3, 0.4) is 0 Å². The van der Waals surface area contributed by atoms with Crippen LogP contribution in [-0.4, -0.2) is 36.9 Å². The standard InChI is InChI=1S/C32H49FO5/c1-6-7-8-9-24-10-12-25(13-11-24)14-16-28-17-15-26(19-29(28)33)18-27(20-37-30(35)23(2)3)21-38-31(36)32(4,5)22-34/h15,17,19,24-25,27,34H,2,6-14,16,18,20-22H2,1,3-5H3. The highest BCUT2D eigenvalue weighted by Gasteiger charge is 2.29. The molecule has 1 unspecified atom stereocenters. The molecule has 214 valence electrons. The molecule has 0 spiro atoms. The van der Waals surface area contributed by atoms with Crippen molar-refractivity contribution >= 4 is 11.9 Å². The molecule has 0 heterocycles. The van der Waals surface area contributed by atoms with Crippen LogP contribution in [0.5, 0.6) is 0 Å². The monoisotopic (exact) mass is 532 g/mol. The number of rotatable bonds is 16. The molecule has 0 saturated heterocycles. The van der Waals surface area contributed by atoms with Crippen molar-refractivity contribution in [2.75, 3.05) is 19.8 Å². The number of aliphatic hydroxyl groups is 1. The van der Waals surface area contributed by atoms with Gasteiger partial charge in [-0.1, -0.05) is 77.0 Å². The van der Waals surface area contributed by atoms with Gasteiger partial charge in [-0.3, -0.25) is 4.79 Å². The summed E-state index contributed by atoms with van der Waals surface area (Å²) in [6.45, 7) is 10.3. The first-order chi connectivity index (χ1) is 18.1. The average molecular weight is 533 g/mol. The lowest BCUT2D eigenvalue weighted by molar-refractivity contribution is -0.158. The smallest absolute Gasteiger partial charge is 0.333 e. The van der Waals surface area contributed by atoms with Crippen LogP contribution < -0.4 is 0 Å². The molecule has 1 saturated carbocycles. The third-order valence-electron chi connectivity index (χ3n) is 7.84. The predicted octanol–water partition coefficient (Wildman–Crippen LogP) is 6.98. The van der Waals surface area contributed by atoms with Crippen molar-refractivity contribution in [2.24, 2.45) is 23.2 Å². The lowest BCUT2D eigenvalue weighted by Gasteiger charge is -2.28. The quantitative estimate of drug-likeness (QED) is 0.141. The number of hydrogen-bond donors (Lipinski definition) is 1. The summed E-state index contributed by atoms with van der Waals surface area (Å²) in [5.41, 5.74) is 0.747. The number of unbranched alkanes of at least 4 members (excludes halogenated alkanes) is 2. The molecule has 0 bridgehead atoms. The van der Waals surface area contributed by atoms with Crippen LogP contribution in [-0.2, 0) is 31.9 Å². The third-order valence-corrected chi connectivity index (χ3v) is 7.84. The zero-order valence-electron chi connectivity index (χ0n) is 24.0. The molecule has 1 aliphatic rings. The molecule has 0 aromatic heterocycles. The molecule has 38 heavy (non-hydrogen) atoms. The van der Waals surface area contributed by atoms with Crippen LogP contribution in [0.2, 0.25) is 0 Å². The van der Waals surface area contributed by atoms with Crippen LogP contribution >= 0.6 is 0 Å². The van der Waals surface area contributed by atoms with Crippen LogP contribution in [0.4, 0.5) is 4.39 Å². The molecule has 1 aromatic rings. The second-order valence-electron chi connectivity index (χ2n) is 11.9. The number of carbonyl (C=O) groups is 2. The van der Waals surface area contributed by atoms with E-state index >= 15 is 4.39 Å². The van der Waals surface area contributed by atoms with Gasteiger partial charge >= 0.3 is 11.9 Å². The highest BCUT2D eigenvalue weighted by Crippen LogP contribution is 2.34. The zero-order chi connectivity index (χ0) is 28.1. The van der Waals surface area contributed by atoms with Gasteiger partial charge in [-0.15, -0.1) is 0 Å². The van der Waals surface area contributed by atoms with Crippen molar-refractivity contribution < 1.29 is 28.6 Å². The van der Waals surface area contributed by atoms with Gasteiger partial charge in [0.2, 0.25) is 0 Å². The maximum atomic E-state index is 15.0. The van der Waals surface area contributed by atoms with E-state index in [1.54, 1.807) is 26.8 Å². The maximum Gasteiger partial charge on any atom is 0.333 e. The van der Waals surface area contributed by atoms with Crippen LogP contribution in [0, 0.1) is 29.0 Å². The number of halogens is 1. The van der Waals surface area contributed by atoms with E-state index in [0.29, 0.717) is 12.3 Å². The fraction of sp³-hybridized carbons (Fsp3) is 0.688. The Kier molecular flexibility index (Phi) is 13.5. The van der Waals surface area contributed by atoms with Gasteiger partial charge in [-0.05, 0) is 69.1 Å². The summed E-state index contributed by atoms with van der Waals surface area (Å²) in [4.78, 5) is 24.2. The first-order valence-electron chi connectivity index (χ1n) is 14.4. The van der Waals surface area contributed by atoms with E-state index in [1.165, 1.54) is 51.4 Å². The fourth-order valence-electron chi connectivity index (χ4n) is 5.04. The molecule has 5 nitrogen and oxygen atoms in total. The van der Waals surface area contributed by atoms with Crippen LogP contribution in [0.1, 0.15) is 96.6 Å². The molecule has 0 amide bonds. The van der Waals surface area contributed by atoms with E-state index in [9.17, 15) is 14.7 Å². The third kappa shape index (κ3) is 10.9. The highest BCUT2D eigenvalue weighted by molar-refractivity contribution is 5.86. The Morgan fingerprint density at radius 1 is 1.08 bits per heavy atom. The SMILES string of the molecule is C=C(C)C(=O)OCC(COC(=O)C(C)(C)CO)Cc1ccc(CCC2CCC(CCCCC)CC2)c(F)c1. The molecular weight excluding hydrogens is 483 g/mol. The molecule has 1 N–H and O–H groups in total. The summed E-state index contributed by atoms with van der Waals surface area (Å²) < 4.78 is 25.7. The van der Waals surface area contributed by atoms with E-state index < -0.39 is 17.4 Å². The van der Waals surface area contributed by atoms with Gasteiger partial charge in [-0.25, -0.2) is 9.18 Å². The summed E-state index contributed by atoms with van der Waals surface area (Å²) >= 11 is 0. The van der Waals surface area contributed by atoms with Crippen LogP contribution in [0.15, 0.2) is 30.4 Å². The zero-order valence-corrected chi connectivity index (χ0v) is 24.0. The van der Waals surface area contributed by atoms with Gasteiger partial charge in [0.1, 0.15) is 5.82 Å². The fourth-order valence-corrected chi connectivity index (χ4v) is 5.04. The van der Waals surface area contributed by atoms with Crippen molar-refractivity contribution in [1.82, 2.24) is 0 Å². The number of carbonyl (C=O) groups excluding carboxylic acids is 2. The van der Waals surface area contributed by atoms with Gasteiger partial charge in [-0.2, -0.15) is 0 Å². The number of esters is 2. The summed E-state index contributed by atoms with van der Waals surface area (Å²) in [6.07, 6.45) is 12.6. The summed E-state index contributed by atoms with van der Waals surface area (Å²) in [6, 6.07) is 5.32. The number of hydrogen-bond acceptors (Lipinski definition) is 5. The van der Waals surface area contributed by atoms with Crippen molar-refractivity contribution in [2.45, 2.75) is 98.3 Å². The number of aryl methyl sites for hydroxylation is 1. The molecule has 1 fully saturated rings. The number of aliphatic hydroxyl groups excluding tert-OH is 1. The van der Waals surface area contributed by atoms with E-state index in [-0.39, 0.29) is 37.1 Å². The molecule has 0 aliphatic heterocycles. The van der Waals surface area contributed by atoms with E-state index in [4.69, 9.17) is 9.47 Å². The van der Waals surface area contributed by atoms with Crippen molar-refractivity contribution in [3.8, 4) is 0 Å². The molecule has 1 atom stereocenters. The minimum atomic E-state index is -1.03. The minimum absolute atomic E-state index is 0.00375.